The molecular formula is C22H20N6O2. The van der Waals surface area contributed by atoms with E-state index in [1.54, 1.807) is 26.6 Å². The van der Waals surface area contributed by atoms with Crippen molar-refractivity contribution in [2.45, 2.75) is 12.8 Å². The first-order valence-electron chi connectivity index (χ1n) is 9.49. The number of nitrogens with zero attached hydrogens (tertiary/aromatic N) is 6. The highest BCUT2D eigenvalue weighted by molar-refractivity contribution is 5.66. The molecule has 150 valence electrons. The van der Waals surface area contributed by atoms with E-state index in [0.29, 0.717) is 18.7 Å². The lowest BCUT2D eigenvalue weighted by Crippen LogP contribution is -2.03. The van der Waals surface area contributed by atoms with Crippen LogP contribution in [0.25, 0.3) is 16.9 Å². The van der Waals surface area contributed by atoms with Crippen LogP contribution in [-0.4, -0.2) is 43.7 Å². The topological polar surface area (TPSA) is 79.9 Å². The molecule has 0 saturated heterocycles. The highest BCUT2D eigenvalue weighted by Gasteiger charge is 2.24. The van der Waals surface area contributed by atoms with E-state index in [4.69, 9.17) is 14.5 Å². The third-order valence-corrected chi connectivity index (χ3v) is 5.33. The largest absolute Gasteiger partial charge is 0.497 e. The molecule has 5 rings (SSSR count). The zero-order valence-corrected chi connectivity index (χ0v) is 16.7. The Morgan fingerprint density at radius 1 is 1.07 bits per heavy atom. The molecule has 0 unspecified atom stereocenters. The Kier molecular flexibility index (Phi) is 4.31. The van der Waals surface area contributed by atoms with Crippen LogP contribution in [0.15, 0.2) is 55.6 Å². The van der Waals surface area contributed by atoms with Crippen molar-refractivity contribution in [1.82, 2.24) is 29.5 Å². The number of pyridine rings is 1. The second kappa shape index (κ2) is 7.14. The molecule has 0 radical (unpaired) electrons. The lowest BCUT2D eigenvalue weighted by molar-refractivity contribution is 0.398. The highest BCUT2D eigenvalue weighted by Crippen LogP contribution is 2.32. The van der Waals surface area contributed by atoms with Gasteiger partial charge in [-0.05, 0) is 29.3 Å². The van der Waals surface area contributed by atoms with E-state index in [9.17, 15) is 0 Å². The fraction of sp³-hybridized carbons (Fsp3) is 0.182. The first-order valence-corrected chi connectivity index (χ1v) is 9.49. The first kappa shape index (κ1) is 18.1. The molecule has 0 amide bonds. The summed E-state index contributed by atoms with van der Waals surface area (Å²) >= 11 is 0. The van der Waals surface area contributed by atoms with Crippen LogP contribution in [0.3, 0.4) is 0 Å². The van der Waals surface area contributed by atoms with E-state index in [2.05, 4.69) is 26.4 Å². The van der Waals surface area contributed by atoms with Gasteiger partial charge in [0.2, 0.25) is 5.88 Å². The first-order chi connectivity index (χ1) is 14.7. The molecule has 0 N–H and O–H groups in total. The second-order valence-electron chi connectivity index (χ2n) is 7.05. The van der Waals surface area contributed by atoms with E-state index in [1.807, 2.05) is 41.3 Å². The number of hydrogen-bond acceptors (Lipinski definition) is 6. The molecule has 30 heavy (non-hydrogen) atoms. The molecule has 1 aliphatic heterocycles. The van der Waals surface area contributed by atoms with Crippen molar-refractivity contribution in [2.24, 2.45) is 0 Å². The van der Waals surface area contributed by atoms with Crippen molar-refractivity contribution in [3.8, 4) is 23.0 Å². The molecule has 0 aliphatic carbocycles. The molecule has 0 bridgehead atoms. The summed E-state index contributed by atoms with van der Waals surface area (Å²) in [5, 5.41) is 8.41. The Balaban J connectivity index is 1.55. The van der Waals surface area contributed by atoms with Crippen molar-refractivity contribution >= 4 is 5.57 Å². The van der Waals surface area contributed by atoms with E-state index in [1.165, 1.54) is 0 Å². The van der Waals surface area contributed by atoms with Gasteiger partial charge in [-0.3, -0.25) is 0 Å². The maximum absolute atomic E-state index is 5.41. The van der Waals surface area contributed by atoms with Crippen LogP contribution >= 0.6 is 0 Å². The van der Waals surface area contributed by atoms with Gasteiger partial charge < -0.3 is 14.0 Å². The van der Waals surface area contributed by atoms with Crippen LogP contribution in [0, 0.1) is 0 Å². The summed E-state index contributed by atoms with van der Waals surface area (Å²) in [6.07, 6.45) is 6.70. The van der Waals surface area contributed by atoms with Gasteiger partial charge in [0.05, 0.1) is 55.2 Å². The van der Waals surface area contributed by atoms with Gasteiger partial charge in [-0.1, -0.05) is 11.8 Å². The smallest absolute Gasteiger partial charge is 0.212 e. The molecule has 8 nitrogen and oxygen atoms in total. The Morgan fingerprint density at radius 2 is 1.97 bits per heavy atom. The minimum Gasteiger partial charge on any atom is -0.497 e. The normalized spacial score (nSPS) is 11.8. The summed E-state index contributed by atoms with van der Waals surface area (Å²) < 4.78 is 14.5. The minimum absolute atomic E-state index is 0.579. The third kappa shape index (κ3) is 2.93. The maximum Gasteiger partial charge on any atom is 0.212 e. The molecule has 4 aromatic rings. The van der Waals surface area contributed by atoms with E-state index in [-0.39, 0.29) is 0 Å². The molecule has 8 heteroatoms. The van der Waals surface area contributed by atoms with Gasteiger partial charge in [0, 0.05) is 31.2 Å². The summed E-state index contributed by atoms with van der Waals surface area (Å²) in [5.41, 5.74) is 6.83. The molecule has 0 fully saturated rings. The van der Waals surface area contributed by atoms with Crippen molar-refractivity contribution in [2.75, 3.05) is 14.2 Å². The summed E-state index contributed by atoms with van der Waals surface area (Å²) in [7, 11) is 3.26. The molecule has 0 atom stereocenters. The fourth-order valence-corrected chi connectivity index (χ4v) is 3.72. The molecule has 4 heterocycles. The van der Waals surface area contributed by atoms with Crippen LogP contribution in [0.5, 0.6) is 11.6 Å². The average Bonchev–Trinajstić information content (AvgIpc) is 3.38. The van der Waals surface area contributed by atoms with E-state index in [0.717, 1.165) is 45.3 Å². The van der Waals surface area contributed by atoms with Crippen molar-refractivity contribution in [3.63, 3.8) is 0 Å². The molecule has 0 spiro atoms. The van der Waals surface area contributed by atoms with Gasteiger partial charge in [-0.2, -0.15) is 0 Å². The summed E-state index contributed by atoms with van der Waals surface area (Å²) in [4.78, 5) is 8.99. The lowest BCUT2D eigenvalue weighted by Gasteiger charge is -2.11. The van der Waals surface area contributed by atoms with Crippen molar-refractivity contribution in [1.29, 1.82) is 0 Å². The Labute approximate surface area is 173 Å². The Morgan fingerprint density at radius 3 is 2.73 bits per heavy atom. The number of benzene rings is 1. The van der Waals surface area contributed by atoms with E-state index < -0.39 is 0 Å². The number of aromatic nitrogens is 6. The molecule has 3 aromatic heterocycles. The van der Waals surface area contributed by atoms with Gasteiger partial charge in [0.25, 0.3) is 0 Å². The number of imidazole rings is 1. The van der Waals surface area contributed by atoms with Crippen LogP contribution in [-0.2, 0) is 12.8 Å². The number of hydrogen-bond donors (Lipinski definition) is 0. The van der Waals surface area contributed by atoms with Crippen molar-refractivity contribution < 1.29 is 9.47 Å². The molecule has 1 aromatic carbocycles. The predicted molar refractivity (Wildman–Crippen MR) is 111 cm³/mol. The number of ether oxygens (including phenoxy) is 2. The zero-order valence-electron chi connectivity index (χ0n) is 16.7. The van der Waals surface area contributed by atoms with Crippen molar-refractivity contribution in [3.05, 3.63) is 78.3 Å². The molecule has 1 aliphatic rings. The van der Waals surface area contributed by atoms with Crippen LogP contribution < -0.4 is 9.47 Å². The molecular weight excluding hydrogens is 380 g/mol. The van der Waals surface area contributed by atoms with E-state index >= 15 is 0 Å². The number of methoxy groups -OCH3 is 2. The number of fused-ring (bicyclic) bond motifs is 5. The maximum atomic E-state index is 5.41. The van der Waals surface area contributed by atoms with Gasteiger partial charge in [-0.15, -0.1) is 5.10 Å². The lowest BCUT2D eigenvalue weighted by atomic mass is 10.0. The summed E-state index contributed by atoms with van der Waals surface area (Å²) in [5.74, 6) is 1.34. The monoisotopic (exact) mass is 400 g/mol. The van der Waals surface area contributed by atoms with Gasteiger partial charge in [-0.25, -0.2) is 14.6 Å². The SMILES string of the molecule is C=C(Cc1ncn2c1Cc1cnnn1-c1cc(OC)ccc1-2)c1ccc(OC)nc1. The zero-order chi connectivity index (χ0) is 20.7. The molecule has 0 saturated carbocycles. The Hall–Kier alpha value is -3.94. The van der Waals surface area contributed by atoms with Gasteiger partial charge >= 0.3 is 0 Å². The van der Waals surface area contributed by atoms with Gasteiger partial charge in [0.15, 0.2) is 0 Å². The highest BCUT2D eigenvalue weighted by atomic mass is 16.5. The summed E-state index contributed by atoms with van der Waals surface area (Å²) in [6, 6.07) is 9.71. The van der Waals surface area contributed by atoms with Crippen LogP contribution in [0.1, 0.15) is 22.6 Å². The standard InChI is InChI=1S/C22H20N6O2/c1-14(15-4-7-22(30-3)23-11-15)8-18-20-9-16-12-25-26-28(16)21-10-17(29-2)5-6-19(21)27(20)13-24-18/h4-7,10-13H,1,8-9H2,2-3H3. The average molecular weight is 400 g/mol. The van der Waals surface area contributed by atoms with Crippen LogP contribution in [0.4, 0.5) is 0 Å². The fourth-order valence-electron chi connectivity index (χ4n) is 3.72. The minimum atomic E-state index is 0.579. The van der Waals surface area contributed by atoms with Crippen LogP contribution in [0.2, 0.25) is 0 Å². The number of allylic oxidation sites excluding steroid dienone is 1. The number of rotatable bonds is 5. The summed E-state index contributed by atoms with van der Waals surface area (Å²) in [6.45, 7) is 4.25. The third-order valence-electron chi connectivity index (χ3n) is 5.33. The Bertz CT molecular complexity index is 1240. The predicted octanol–water partition coefficient (Wildman–Crippen LogP) is 3.03. The van der Waals surface area contributed by atoms with Gasteiger partial charge in [0.1, 0.15) is 5.75 Å². The second-order valence-corrected chi connectivity index (χ2v) is 7.05. The quantitative estimate of drug-likeness (QED) is 0.451.